The first kappa shape index (κ1) is 29.5. The second-order valence-electron chi connectivity index (χ2n) is 12.4. The molecule has 0 unspecified atom stereocenters. The molecule has 2 aliphatic heterocycles. The van der Waals surface area contributed by atoms with E-state index >= 15 is 0 Å². The van der Waals surface area contributed by atoms with Crippen LogP contribution in [-0.2, 0) is 24.9 Å². The molecule has 10 nitrogen and oxygen atoms in total. The molecule has 232 valence electrons. The maximum atomic E-state index is 14.1. The van der Waals surface area contributed by atoms with E-state index in [1.165, 1.54) is 16.5 Å². The number of amides is 1. The van der Waals surface area contributed by atoms with E-state index < -0.39 is 5.60 Å². The smallest absolute Gasteiger partial charge is 0.262 e. The zero-order chi connectivity index (χ0) is 31.0. The third-order valence-corrected chi connectivity index (χ3v) is 10.5. The van der Waals surface area contributed by atoms with Crippen LogP contribution in [0.2, 0.25) is 0 Å². The Bertz CT molecular complexity index is 1840. The molecule has 45 heavy (non-hydrogen) atoms. The number of rotatable bonds is 7. The Kier molecular flexibility index (Phi) is 8.07. The van der Waals surface area contributed by atoms with Gasteiger partial charge in [-0.05, 0) is 55.1 Å². The number of pyridine rings is 1. The number of piperidine rings is 2. The van der Waals surface area contributed by atoms with Crippen molar-refractivity contribution in [2.75, 3.05) is 26.2 Å². The van der Waals surface area contributed by atoms with Crippen molar-refractivity contribution in [1.82, 2.24) is 33.9 Å². The van der Waals surface area contributed by atoms with Crippen molar-refractivity contribution in [3.05, 3.63) is 101 Å². The first-order valence-electron chi connectivity index (χ1n) is 15.5. The summed E-state index contributed by atoms with van der Waals surface area (Å²) in [6.07, 6.45) is 10.5. The number of hydrogen-bond acceptors (Lipinski definition) is 8. The van der Waals surface area contributed by atoms with Crippen LogP contribution in [0.5, 0.6) is 0 Å². The van der Waals surface area contributed by atoms with Gasteiger partial charge in [0.25, 0.3) is 5.56 Å². The molecule has 2 fully saturated rings. The molecule has 1 amide bonds. The quantitative estimate of drug-likeness (QED) is 0.293. The highest BCUT2D eigenvalue weighted by Crippen LogP contribution is 2.36. The highest BCUT2D eigenvalue weighted by molar-refractivity contribution is 7.15. The van der Waals surface area contributed by atoms with Crippen LogP contribution >= 0.6 is 11.3 Å². The van der Waals surface area contributed by atoms with Crippen molar-refractivity contribution in [1.29, 1.82) is 0 Å². The van der Waals surface area contributed by atoms with Gasteiger partial charge in [0, 0.05) is 63.3 Å². The SMILES string of the molecule is Cn1ccc2c(=O)n(CC3(O)CCN(C(=O)[C@@H]4CCN(Cc5ncc(-c6ccncc6)s5)C[C@H]4c4ccccc4)CC3)cnc21. The Balaban J connectivity index is 1.02. The fourth-order valence-corrected chi connectivity index (χ4v) is 7.83. The molecule has 2 saturated heterocycles. The first-order valence-corrected chi connectivity index (χ1v) is 16.3. The summed E-state index contributed by atoms with van der Waals surface area (Å²) in [4.78, 5) is 45.8. The second kappa shape index (κ2) is 12.3. The third-order valence-electron chi connectivity index (χ3n) is 9.44. The zero-order valence-electron chi connectivity index (χ0n) is 25.3. The summed E-state index contributed by atoms with van der Waals surface area (Å²) < 4.78 is 3.31. The van der Waals surface area contributed by atoms with Crippen molar-refractivity contribution in [3.63, 3.8) is 0 Å². The van der Waals surface area contributed by atoms with Crippen LogP contribution < -0.4 is 5.56 Å². The van der Waals surface area contributed by atoms with Gasteiger partial charge in [-0.1, -0.05) is 30.3 Å². The van der Waals surface area contributed by atoms with Gasteiger partial charge in [0.1, 0.15) is 17.0 Å². The lowest BCUT2D eigenvalue weighted by Gasteiger charge is -2.43. The van der Waals surface area contributed by atoms with Crippen LogP contribution in [0.3, 0.4) is 0 Å². The van der Waals surface area contributed by atoms with Crippen LogP contribution in [0.15, 0.2) is 84.4 Å². The second-order valence-corrected chi connectivity index (χ2v) is 13.5. The van der Waals surface area contributed by atoms with Crippen molar-refractivity contribution in [2.24, 2.45) is 13.0 Å². The lowest BCUT2D eigenvalue weighted by atomic mass is 9.79. The fourth-order valence-electron chi connectivity index (χ4n) is 6.87. The lowest BCUT2D eigenvalue weighted by molar-refractivity contribution is -0.142. The molecule has 1 N–H and O–H groups in total. The molecule has 4 aromatic heterocycles. The fraction of sp³-hybridized carbons (Fsp3) is 0.382. The number of benzene rings is 1. The van der Waals surface area contributed by atoms with E-state index in [2.05, 4.69) is 27.0 Å². The van der Waals surface area contributed by atoms with Gasteiger partial charge in [-0.15, -0.1) is 11.3 Å². The van der Waals surface area contributed by atoms with Crippen LogP contribution in [0.1, 0.15) is 35.8 Å². The van der Waals surface area contributed by atoms with Crippen LogP contribution in [0.25, 0.3) is 21.5 Å². The molecular formula is C34H37N7O3S. The van der Waals surface area contributed by atoms with E-state index in [9.17, 15) is 14.7 Å². The molecule has 5 aromatic rings. The monoisotopic (exact) mass is 623 g/mol. The van der Waals surface area contributed by atoms with E-state index in [4.69, 9.17) is 4.98 Å². The van der Waals surface area contributed by atoms with Gasteiger partial charge in [-0.25, -0.2) is 9.97 Å². The molecule has 0 bridgehead atoms. The third kappa shape index (κ3) is 6.07. The van der Waals surface area contributed by atoms with Crippen molar-refractivity contribution in [2.45, 2.75) is 43.9 Å². The maximum absolute atomic E-state index is 14.1. The predicted molar refractivity (Wildman–Crippen MR) is 174 cm³/mol. The molecule has 0 aliphatic carbocycles. The Morgan fingerprint density at radius 1 is 1.04 bits per heavy atom. The minimum absolute atomic E-state index is 0.0649. The zero-order valence-corrected chi connectivity index (χ0v) is 26.1. The molecule has 0 spiro atoms. The molecular weight excluding hydrogens is 586 g/mol. The summed E-state index contributed by atoms with van der Waals surface area (Å²) in [7, 11) is 1.85. The summed E-state index contributed by atoms with van der Waals surface area (Å²) in [6.45, 7) is 3.43. The molecule has 2 aliphatic rings. The topological polar surface area (TPSA) is 109 Å². The molecule has 0 radical (unpaired) electrons. The van der Waals surface area contributed by atoms with Gasteiger partial charge in [0.05, 0.1) is 29.0 Å². The Morgan fingerprint density at radius 3 is 2.60 bits per heavy atom. The van der Waals surface area contributed by atoms with E-state index in [1.807, 2.05) is 59.2 Å². The van der Waals surface area contributed by atoms with Crippen LogP contribution in [0, 0.1) is 5.92 Å². The van der Waals surface area contributed by atoms with Crippen LogP contribution in [0.4, 0.5) is 0 Å². The predicted octanol–water partition coefficient (Wildman–Crippen LogP) is 3.91. The molecule has 2 atom stereocenters. The maximum Gasteiger partial charge on any atom is 0.262 e. The first-order chi connectivity index (χ1) is 21.9. The number of aliphatic hydroxyl groups is 1. The Labute approximate surface area is 265 Å². The molecule has 6 heterocycles. The number of nitrogens with zero attached hydrogens (tertiary/aromatic N) is 7. The van der Waals surface area contributed by atoms with Gasteiger partial charge < -0.3 is 14.6 Å². The normalized spacial score (nSPS) is 20.4. The van der Waals surface area contributed by atoms with Gasteiger partial charge in [0.2, 0.25) is 5.91 Å². The average Bonchev–Trinajstić information content (AvgIpc) is 3.70. The molecule has 7 rings (SSSR count). The van der Waals surface area contributed by atoms with Crippen molar-refractivity contribution in [3.8, 4) is 10.4 Å². The van der Waals surface area contributed by atoms with Gasteiger partial charge in [0.15, 0.2) is 0 Å². The number of hydrogen-bond donors (Lipinski definition) is 1. The Morgan fingerprint density at radius 2 is 1.82 bits per heavy atom. The van der Waals surface area contributed by atoms with Gasteiger partial charge in [-0.2, -0.15) is 0 Å². The summed E-state index contributed by atoms with van der Waals surface area (Å²) in [6, 6.07) is 16.1. The molecule has 1 aromatic carbocycles. The largest absolute Gasteiger partial charge is 0.388 e. The van der Waals surface area contributed by atoms with E-state index in [0.717, 1.165) is 41.5 Å². The average molecular weight is 624 g/mol. The van der Waals surface area contributed by atoms with E-state index in [-0.39, 0.29) is 29.8 Å². The summed E-state index contributed by atoms with van der Waals surface area (Å²) >= 11 is 1.70. The Hall–Kier alpha value is -4.19. The number of thiazole rings is 1. The van der Waals surface area contributed by atoms with E-state index in [1.54, 1.807) is 29.8 Å². The van der Waals surface area contributed by atoms with Gasteiger partial charge in [-0.3, -0.25) is 24.0 Å². The molecule has 11 heteroatoms. The minimum atomic E-state index is -1.07. The number of aromatic nitrogens is 5. The van der Waals surface area contributed by atoms with E-state index in [0.29, 0.717) is 37.0 Å². The number of aryl methyl sites for hydroxylation is 1. The number of carbonyl (C=O) groups is 1. The minimum Gasteiger partial charge on any atom is -0.388 e. The van der Waals surface area contributed by atoms with Gasteiger partial charge >= 0.3 is 0 Å². The summed E-state index contributed by atoms with van der Waals surface area (Å²) in [5.41, 5.74) is 1.69. The number of fused-ring (bicyclic) bond motifs is 1. The van der Waals surface area contributed by atoms with Crippen LogP contribution in [-0.4, -0.2) is 76.7 Å². The highest BCUT2D eigenvalue weighted by atomic mass is 32.1. The summed E-state index contributed by atoms with van der Waals surface area (Å²) in [5, 5.41) is 13.1. The van der Waals surface area contributed by atoms with Crippen molar-refractivity contribution >= 4 is 28.3 Å². The highest BCUT2D eigenvalue weighted by Gasteiger charge is 2.41. The standard InChI is InChI=1S/C34H37N7O3S/c1-38-15-9-27-31(38)37-23-41(33(27)43)22-34(44)11-17-40(18-12-34)32(42)26-10-16-39(20-28(26)24-5-3-2-4-6-24)21-30-36-19-29(45-30)25-7-13-35-14-8-25/h2-9,13-15,19,23,26,28,44H,10-12,16-18,20-22H2,1H3/t26-,28+/m1/s1. The number of likely N-dealkylation sites (tertiary alicyclic amines) is 2. The summed E-state index contributed by atoms with van der Waals surface area (Å²) in [5.74, 6) is 0.0882. The van der Waals surface area contributed by atoms with Crippen molar-refractivity contribution < 1.29 is 9.90 Å². The lowest BCUT2D eigenvalue weighted by Crippen LogP contribution is -2.53. The number of carbonyl (C=O) groups excluding carboxylic acids is 1. The molecule has 0 saturated carbocycles.